The van der Waals surface area contributed by atoms with Crippen molar-refractivity contribution in [3.05, 3.63) is 110 Å². The van der Waals surface area contributed by atoms with Crippen LogP contribution in [0.4, 0.5) is 0 Å². The van der Waals surface area contributed by atoms with Gasteiger partial charge in [0.1, 0.15) is 0 Å². The molecule has 1 fully saturated rings. The lowest BCUT2D eigenvalue weighted by Crippen LogP contribution is -2.38. The summed E-state index contributed by atoms with van der Waals surface area (Å²) in [6, 6.07) is 21.7. The molecule has 1 N–H and O–H groups in total. The number of rotatable bonds is 10. The largest absolute Gasteiger partial charge is 0.309 e. The summed E-state index contributed by atoms with van der Waals surface area (Å²) < 4.78 is 40.3. The molecule has 2 aliphatic heterocycles. The Hall–Kier alpha value is -3.01. The Morgan fingerprint density at radius 2 is 1.58 bits per heavy atom. The molecule has 0 unspecified atom stereocenters. The van der Waals surface area contributed by atoms with Crippen LogP contribution in [0.2, 0.25) is 10.0 Å². The lowest BCUT2D eigenvalue weighted by Gasteiger charge is -2.27. The Morgan fingerprint density at radius 3 is 2.27 bits per heavy atom. The van der Waals surface area contributed by atoms with E-state index in [4.69, 9.17) is 28.3 Å². The van der Waals surface area contributed by atoms with Gasteiger partial charge in [0, 0.05) is 108 Å². The molecule has 0 spiro atoms. The van der Waals surface area contributed by atoms with E-state index < -0.39 is 20.8 Å². The molecule has 4 aromatic rings. The van der Waals surface area contributed by atoms with Crippen molar-refractivity contribution in [2.75, 3.05) is 43.9 Å². The molecule has 12 heteroatoms. The van der Waals surface area contributed by atoms with Crippen molar-refractivity contribution in [3.63, 3.8) is 0 Å². The Kier molecular flexibility index (Phi) is 11.4. The standard InChI is InChI=1S/C36H39Cl2N5O3S2/c1-48(45,46)42-18-15-35-33(26-42)36(40-43(35)17-2-16-41-19-21-47(44)22-20-41)31-11-14-34(38)30(23-31)10-7-27-3-5-28(6-4-27)24-39-25-29-8-12-32(37)13-9-29/h3-6,8-9,11-14,23,39H,2,15-22,24-26H2,1H3. The van der Waals surface area contributed by atoms with Gasteiger partial charge < -0.3 is 10.2 Å². The van der Waals surface area contributed by atoms with Crippen LogP contribution in [0.15, 0.2) is 66.7 Å². The average Bonchev–Trinajstić information content (AvgIpc) is 3.44. The maximum atomic E-state index is 12.5. The second-order valence-corrected chi connectivity index (χ2v) is 16.8. The maximum absolute atomic E-state index is 12.5. The molecule has 48 heavy (non-hydrogen) atoms. The molecule has 0 atom stereocenters. The first kappa shape index (κ1) is 34.8. The van der Waals surface area contributed by atoms with Crippen LogP contribution in [0.3, 0.4) is 0 Å². The van der Waals surface area contributed by atoms with Gasteiger partial charge in [0.15, 0.2) is 0 Å². The first-order chi connectivity index (χ1) is 23.1. The first-order valence-corrected chi connectivity index (χ1v) is 20.2. The van der Waals surface area contributed by atoms with Crippen LogP contribution in [0.5, 0.6) is 0 Å². The van der Waals surface area contributed by atoms with Crippen molar-refractivity contribution in [2.45, 2.75) is 39.0 Å². The molecule has 1 saturated heterocycles. The zero-order valence-corrected chi connectivity index (χ0v) is 30.1. The number of halogens is 2. The summed E-state index contributed by atoms with van der Waals surface area (Å²) in [4.78, 5) is 2.36. The van der Waals surface area contributed by atoms with E-state index in [1.807, 2.05) is 54.6 Å². The van der Waals surface area contributed by atoms with E-state index in [-0.39, 0.29) is 6.54 Å². The van der Waals surface area contributed by atoms with Gasteiger partial charge in [-0.25, -0.2) is 8.42 Å². The van der Waals surface area contributed by atoms with Crippen molar-refractivity contribution in [1.29, 1.82) is 0 Å². The zero-order chi connectivity index (χ0) is 33.7. The van der Waals surface area contributed by atoms with Crippen molar-refractivity contribution in [2.24, 2.45) is 0 Å². The van der Waals surface area contributed by atoms with Crippen molar-refractivity contribution < 1.29 is 12.6 Å². The third kappa shape index (κ3) is 8.96. The predicted molar refractivity (Wildman–Crippen MR) is 195 cm³/mol. The Bertz CT molecular complexity index is 1940. The number of nitrogens with zero attached hydrogens (tertiary/aromatic N) is 4. The quantitative estimate of drug-likeness (QED) is 0.223. The fourth-order valence-electron chi connectivity index (χ4n) is 6.08. The minimum Gasteiger partial charge on any atom is -0.309 e. The Balaban J connectivity index is 1.17. The Morgan fingerprint density at radius 1 is 0.896 bits per heavy atom. The van der Waals surface area contributed by atoms with Gasteiger partial charge in [-0.05, 0) is 60.5 Å². The van der Waals surface area contributed by atoms with Crippen molar-refractivity contribution in [1.82, 2.24) is 24.3 Å². The van der Waals surface area contributed by atoms with E-state index in [1.165, 1.54) is 16.1 Å². The lowest BCUT2D eigenvalue weighted by atomic mass is 10.0. The highest BCUT2D eigenvalue weighted by Crippen LogP contribution is 2.33. The number of nitrogens with one attached hydrogen (secondary N) is 1. The second kappa shape index (κ2) is 15.7. The highest BCUT2D eigenvalue weighted by molar-refractivity contribution is 7.88. The van der Waals surface area contributed by atoms with E-state index >= 15 is 0 Å². The SMILES string of the molecule is CS(=O)(=O)N1CCc2c(c(-c3ccc(Cl)c(C#Cc4ccc(CNCc5ccc(Cl)cc5)cc4)c3)nn2CCCN2CCS(=O)CC2)C1. The fraction of sp³-hybridized carbons (Fsp3) is 0.361. The third-order valence-electron chi connectivity index (χ3n) is 8.79. The van der Waals surface area contributed by atoms with E-state index in [0.717, 1.165) is 95.9 Å². The molecular weight excluding hydrogens is 685 g/mol. The number of hydrogen-bond acceptors (Lipinski definition) is 6. The first-order valence-electron chi connectivity index (χ1n) is 16.1. The summed E-state index contributed by atoms with van der Waals surface area (Å²) in [6.07, 6.45) is 2.77. The molecule has 0 radical (unpaired) electrons. The smallest absolute Gasteiger partial charge is 0.211 e. The summed E-state index contributed by atoms with van der Waals surface area (Å²) in [5.41, 5.74) is 7.53. The molecule has 0 amide bonds. The minimum atomic E-state index is -3.36. The van der Waals surface area contributed by atoms with Crippen LogP contribution >= 0.6 is 23.2 Å². The van der Waals surface area contributed by atoms with Gasteiger partial charge in [-0.3, -0.25) is 8.89 Å². The van der Waals surface area contributed by atoms with E-state index in [2.05, 4.69) is 38.9 Å². The van der Waals surface area contributed by atoms with Crippen molar-refractivity contribution >= 4 is 44.0 Å². The van der Waals surface area contributed by atoms with Crippen LogP contribution in [0, 0.1) is 11.8 Å². The van der Waals surface area contributed by atoms with E-state index in [0.29, 0.717) is 23.6 Å². The molecule has 8 nitrogen and oxygen atoms in total. The molecule has 6 rings (SSSR count). The van der Waals surface area contributed by atoms with Crippen molar-refractivity contribution in [3.8, 4) is 23.1 Å². The summed E-state index contributed by atoms with van der Waals surface area (Å²) in [5, 5.41) is 9.77. The molecular formula is C36H39Cl2N5O3S2. The van der Waals surface area contributed by atoms with Crippen LogP contribution in [0.25, 0.3) is 11.3 Å². The summed E-state index contributed by atoms with van der Waals surface area (Å²) in [6.45, 7) is 5.57. The van der Waals surface area contributed by atoms with E-state index in [1.54, 1.807) is 0 Å². The van der Waals surface area contributed by atoms with E-state index in [9.17, 15) is 12.6 Å². The van der Waals surface area contributed by atoms with Crippen LogP contribution in [-0.4, -0.2) is 75.6 Å². The van der Waals surface area contributed by atoms with Gasteiger partial charge in [0.05, 0.1) is 17.0 Å². The van der Waals surface area contributed by atoms with Crippen LogP contribution in [0.1, 0.15) is 39.9 Å². The summed E-state index contributed by atoms with van der Waals surface area (Å²) in [5.74, 6) is 7.96. The topological polar surface area (TPSA) is 87.5 Å². The molecule has 3 aromatic carbocycles. The molecule has 0 saturated carbocycles. The summed E-state index contributed by atoms with van der Waals surface area (Å²) in [7, 11) is -4.05. The van der Waals surface area contributed by atoms with Gasteiger partial charge >= 0.3 is 0 Å². The van der Waals surface area contributed by atoms with Crippen LogP contribution in [-0.2, 0) is 53.4 Å². The van der Waals surface area contributed by atoms with Gasteiger partial charge in [0.2, 0.25) is 10.0 Å². The molecule has 252 valence electrons. The van der Waals surface area contributed by atoms with Gasteiger partial charge in [0.25, 0.3) is 0 Å². The predicted octanol–water partition coefficient (Wildman–Crippen LogP) is 5.32. The minimum absolute atomic E-state index is 0.284. The molecule has 2 aliphatic rings. The highest BCUT2D eigenvalue weighted by Gasteiger charge is 2.30. The number of hydrogen-bond donors (Lipinski definition) is 1. The van der Waals surface area contributed by atoms with Gasteiger partial charge in [-0.2, -0.15) is 9.40 Å². The van der Waals surface area contributed by atoms with Gasteiger partial charge in [-0.1, -0.05) is 65.4 Å². The summed E-state index contributed by atoms with van der Waals surface area (Å²) >= 11 is 12.6. The molecule has 3 heterocycles. The normalized spacial score (nSPS) is 16.0. The number of aromatic nitrogens is 2. The second-order valence-electron chi connectivity index (χ2n) is 12.3. The lowest BCUT2D eigenvalue weighted by molar-refractivity contribution is 0.285. The molecule has 0 bridgehead atoms. The number of sulfonamides is 1. The third-order valence-corrected chi connectivity index (χ3v) is 11.9. The monoisotopic (exact) mass is 723 g/mol. The number of fused-ring (bicyclic) bond motifs is 1. The highest BCUT2D eigenvalue weighted by atomic mass is 35.5. The molecule has 1 aromatic heterocycles. The number of benzene rings is 3. The zero-order valence-electron chi connectivity index (χ0n) is 26.9. The van der Waals surface area contributed by atoms with Gasteiger partial charge in [-0.15, -0.1) is 0 Å². The fourth-order valence-corrected chi connectivity index (χ4v) is 8.28. The van der Waals surface area contributed by atoms with Crippen LogP contribution < -0.4 is 5.32 Å². The average molecular weight is 725 g/mol. The maximum Gasteiger partial charge on any atom is 0.211 e. The Labute approximate surface area is 295 Å². The number of aryl methyl sites for hydroxylation is 1. The molecule has 0 aliphatic carbocycles.